The Hall–Kier alpha value is -3.48. The van der Waals surface area contributed by atoms with Crippen LogP contribution in [0.1, 0.15) is 11.6 Å². The van der Waals surface area contributed by atoms with Crippen LogP contribution in [-0.4, -0.2) is 20.7 Å². The van der Waals surface area contributed by atoms with Crippen LogP contribution in [0.25, 0.3) is 0 Å². The number of hydrogen-bond acceptors (Lipinski definition) is 4. The molecule has 0 saturated carbocycles. The summed E-state index contributed by atoms with van der Waals surface area (Å²) in [6, 6.07) is 12.9. The van der Waals surface area contributed by atoms with Gasteiger partial charge in [-0.3, -0.25) is 4.79 Å². The first kappa shape index (κ1) is 15.1. The average Bonchev–Trinajstić information content (AvgIpc) is 3.10. The Balaban J connectivity index is 1.74. The maximum absolute atomic E-state index is 13.0. The largest absolute Gasteiger partial charge is 0.328 e. The zero-order valence-corrected chi connectivity index (χ0v) is 13.4. The Morgan fingerprint density at radius 2 is 1.96 bits per heavy atom. The molecule has 0 radical (unpaired) electrons. The van der Waals surface area contributed by atoms with E-state index in [1.807, 2.05) is 54.9 Å². The summed E-state index contributed by atoms with van der Waals surface area (Å²) >= 11 is 0. The molecule has 1 aromatic carbocycles. The number of hydrogen-bond donors (Lipinski definition) is 2. The minimum absolute atomic E-state index is 0.150. The van der Waals surface area contributed by atoms with Gasteiger partial charge in [0.05, 0.1) is 6.04 Å². The van der Waals surface area contributed by atoms with Gasteiger partial charge in [0.15, 0.2) is 12.4 Å². The van der Waals surface area contributed by atoms with Crippen molar-refractivity contribution in [2.75, 3.05) is 10.6 Å². The van der Waals surface area contributed by atoms with Crippen LogP contribution in [0.3, 0.4) is 0 Å². The Labute approximate surface area is 144 Å². The van der Waals surface area contributed by atoms with Crippen molar-refractivity contribution in [2.45, 2.75) is 6.04 Å². The van der Waals surface area contributed by atoms with Crippen LogP contribution in [0.5, 0.6) is 0 Å². The molecule has 3 aromatic rings. The minimum atomic E-state index is -0.531. The zero-order chi connectivity index (χ0) is 17.2. The van der Waals surface area contributed by atoms with Crippen LogP contribution in [0.15, 0.2) is 73.5 Å². The molecule has 2 unspecified atom stereocenters. The molecule has 1 amide bonds. The van der Waals surface area contributed by atoms with Gasteiger partial charge in [0.1, 0.15) is 12.2 Å². The van der Waals surface area contributed by atoms with Gasteiger partial charge in [-0.2, -0.15) is 10.1 Å². The molecular formula is C18H17N6O+. The van der Waals surface area contributed by atoms with Gasteiger partial charge in [-0.25, -0.2) is 9.67 Å². The predicted molar refractivity (Wildman–Crippen MR) is 92.5 cm³/mol. The first-order chi connectivity index (χ1) is 12.2. The van der Waals surface area contributed by atoms with Gasteiger partial charge >= 0.3 is 0 Å². The van der Waals surface area contributed by atoms with Crippen molar-refractivity contribution in [2.24, 2.45) is 5.92 Å². The molecule has 3 N–H and O–H groups in total. The van der Waals surface area contributed by atoms with Crippen LogP contribution < -0.4 is 15.6 Å². The Morgan fingerprint density at radius 1 is 1.20 bits per heavy atom. The summed E-state index contributed by atoms with van der Waals surface area (Å²) in [7, 11) is 0. The second-order valence-electron chi connectivity index (χ2n) is 5.79. The number of aromatic amines is 1. The van der Waals surface area contributed by atoms with E-state index >= 15 is 0 Å². The fourth-order valence-corrected chi connectivity index (χ4v) is 3.07. The molecule has 7 nitrogen and oxygen atoms in total. The number of aromatic nitrogens is 4. The van der Waals surface area contributed by atoms with Gasteiger partial charge in [0.25, 0.3) is 0 Å². The number of para-hydroxylation sites is 1. The fraction of sp³-hybridized carbons (Fsp3) is 0.111. The number of fused-ring (bicyclic) bond motifs is 1. The lowest BCUT2D eigenvalue weighted by atomic mass is 9.89. The van der Waals surface area contributed by atoms with E-state index in [4.69, 9.17) is 0 Å². The molecule has 124 valence electrons. The Morgan fingerprint density at radius 3 is 2.72 bits per heavy atom. The fourth-order valence-electron chi connectivity index (χ4n) is 3.07. The molecule has 0 fully saturated rings. The van der Waals surface area contributed by atoms with Crippen molar-refractivity contribution >= 4 is 17.5 Å². The van der Waals surface area contributed by atoms with Gasteiger partial charge in [-0.1, -0.05) is 24.8 Å². The summed E-state index contributed by atoms with van der Waals surface area (Å²) < 4.78 is 1.72. The third-order valence-electron chi connectivity index (χ3n) is 4.21. The second-order valence-corrected chi connectivity index (χ2v) is 5.79. The zero-order valence-electron chi connectivity index (χ0n) is 13.4. The summed E-state index contributed by atoms with van der Waals surface area (Å²) in [4.78, 5) is 20.2. The highest BCUT2D eigenvalue weighted by atomic mass is 16.2. The summed E-state index contributed by atoms with van der Waals surface area (Å²) in [5.41, 5.74) is 2.28. The molecule has 7 heteroatoms. The van der Waals surface area contributed by atoms with Crippen molar-refractivity contribution in [3.05, 3.63) is 79.0 Å². The lowest BCUT2D eigenvalue weighted by Gasteiger charge is -2.33. The third-order valence-corrected chi connectivity index (χ3v) is 4.21. The highest BCUT2D eigenvalue weighted by Gasteiger charge is 2.39. The van der Waals surface area contributed by atoms with E-state index in [1.165, 1.54) is 6.33 Å². The van der Waals surface area contributed by atoms with E-state index in [1.54, 1.807) is 4.68 Å². The molecule has 3 heterocycles. The number of carbonyl (C=O) groups is 1. The van der Waals surface area contributed by atoms with E-state index < -0.39 is 5.92 Å². The highest BCUT2D eigenvalue weighted by Crippen LogP contribution is 2.37. The summed E-state index contributed by atoms with van der Waals surface area (Å²) in [6.07, 6.45) is 5.11. The van der Waals surface area contributed by atoms with Crippen molar-refractivity contribution in [3.8, 4) is 0 Å². The first-order valence-electron chi connectivity index (χ1n) is 7.91. The predicted octanol–water partition coefficient (Wildman–Crippen LogP) is 1.88. The quantitative estimate of drug-likeness (QED) is 0.766. The van der Waals surface area contributed by atoms with E-state index in [0.717, 1.165) is 11.3 Å². The van der Waals surface area contributed by atoms with Crippen molar-refractivity contribution in [3.63, 3.8) is 0 Å². The maximum atomic E-state index is 13.0. The minimum Gasteiger partial charge on any atom is -0.328 e. The Kier molecular flexibility index (Phi) is 3.74. The van der Waals surface area contributed by atoms with E-state index in [-0.39, 0.29) is 11.9 Å². The molecule has 2 aromatic heterocycles. The molecular weight excluding hydrogens is 316 g/mol. The molecule has 0 bridgehead atoms. The number of anilines is 2. The second kappa shape index (κ2) is 6.20. The smallest absolute Gasteiger partial charge is 0.235 e. The number of nitrogens with one attached hydrogen (secondary N) is 3. The van der Waals surface area contributed by atoms with Crippen LogP contribution in [0.4, 0.5) is 11.6 Å². The maximum Gasteiger partial charge on any atom is 0.235 e. The van der Waals surface area contributed by atoms with Crippen molar-refractivity contribution in [1.82, 2.24) is 14.8 Å². The average molecular weight is 333 g/mol. The molecule has 25 heavy (non-hydrogen) atoms. The number of H-pyrrole nitrogens is 1. The highest BCUT2D eigenvalue weighted by molar-refractivity contribution is 5.95. The van der Waals surface area contributed by atoms with Crippen LogP contribution in [-0.2, 0) is 4.79 Å². The number of amides is 1. The molecule has 2 atom stereocenters. The van der Waals surface area contributed by atoms with Gasteiger partial charge in [-0.05, 0) is 17.7 Å². The molecule has 0 spiro atoms. The summed E-state index contributed by atoms with van der Waals surface area (Å²) in [6.45, 7) is 4.05. The van der Waals surface area contributed by atoms with Gasteiger partial charge in [-0.15, -0.1) is 0 Å². The van der Waals surface area contributed by atoms with Crippen LogP contribution >= 0.6 is 0 Å². The summed E-state index contributed by atoms with van der Waals surface area (Å²) in [5.74, 6) is -0.105. The van der Waals surface area contributed by atoms with Crippen molar-refractivity contribution in [1.29, 1.82) is 0 Å². The topological polar surface area (TPSA) is 86.0 Å². The summed E-state index contributed by atoms with van der Waals surface area (Å²) in [5, 5.41) is 10.3. The standard InChI is InChI=1S/C18H16N6O/c1-12-15(17(25)23-14-5-3-2-4-6-14)16(13-7-9-19-10-8-13)24-18(22-12)20-11-21-24/h2-11,15-16H,1H2,(H,23,25)(H,20,21,22)/p+1. The molecule has 4 rings (SSSR count). The normalized spacial score (nSPS) is 19.0. The van der Waals surface area contributed by atoms with E-state index in [0.29, 0.717) is 11.6 Å². The number of carbonyl (C=O) groups excluding carboxylic acids is 1. The molecule has 1 aliphatic heterocycles. The van der Waals surface area contributed by atoms with E-state index in [2.05, 4.69) is 32.3 Å². The first-order valence-corrected chi connectivity index (χ1v) is 7.91. The van der Waals surface area contributed by atoms with Crippen LogP contribution in [0, 0.1) is 5.92 Å². The molecule has 0 saturated heterocycles. The van der Waals surface area contributed by atoms with Crippen molar-refractivity contribution < 1.29 is 9.78 Å². The number of benzene rings is 1. The molecule has 0 aliphatic carbocycles. The number of nitrogens with zero attached hydrogens (tertiary/aromatic N) is 3. The third kappa shape index (κ3) is 2.76. The SMILES string of the molecule is C=C1Nc2ncnn2C(c2cc[nH+]cc2)C1C(=O)Nc1ccccc1. The van der Waals surface area contributed by atoms with Crippen LogP contribution in [0.2, 0.25) is 0 Å². The molecule has 1 aliphatic rings. The van der Waals surface area contributed by atoms with E-state index in [9.17, 15) is 4.79 Å². The lowest BCUT2D eigenvalue weighted by Crippen LogP contribution is -2.39. The number of rotatable bonds is 3. The lowest BCUT2D eigenvalue weighted by molar-refractivity contribution is -0.378. The number of pyridine rings is 1. The Bertz CT molecular complexity index is 906. The van der Waals surface area contributed by atoms with Gasteiger partial charge in [0, 0.05) is 23.5 Å². The van der Waals surface area contributed by atoms with Gasteiger partial charge in [0.2, 0.25) is 11.9 Å². The van der Waals surface area contributed by atoms with Gasteiger partial charge < -0.3 is 10.6 Å². The monoisotopic (exact) mass is 333 g/mol.